The molecule has 0 aliphatic carbocycles. The van der Waals surface area contributed by atoms with Crippen LogP contribution in [0.4, 0.5) is 0 Å². The van der Waals surface area contributed by atoms with E-state index in [1.54, 1.807) is 11.8 Å². The van der Waals surface area contributed by atoms with Crippen LogP contribution >= 0.6 is 0 Å². The van der Waals surface area contributed by atoms with Gasteiger partial charge in [-0.3, -0.25) is 9.59 Å². The third kappa shape index (κ3) is 7.93. The lowest BCUT2D eigenvalue weighted by molar-refractivity contribution is -0.141. The number of hydrogen-bond donors (Lipinski definition) is 2. The molecule has 88 valence electrons. The Kier molecular flexibility index (Phi) is 6.70. The van der Waals surface area contributed by atoms with Gasteiger partial charge in [-0.25, -0.2) is 0 Å². The van der Waals surface area contributed by atoms with Crippen LogP contribution in [0.2, 0.25) is 0 Å². The molecule has 2 N–H and O–H groups in total. The lowest BCUT2D eigenvalue weighted by atomic mass is 10.1. The number of aliphatic carboxylic acids is 1. The molecule has 0 aromatic heterocycles. The summed E-state index contributed by atoms with van der Waals surface area (Å²) in [4.78, 5) is 23.4. The Balaban J connectivity index is 3.46. The zero-order chi connectivity index (χ0) is 11.8. The molecule has 0 bridgehead atoms. The van der Waals surface area contributed by atoms with Crippen molar-refractivity contribution in [3.8, 4) is 0 Å². The molecule has 5 heteroatoms. The summed E-state index contributed by atoms with van der Waals surface area (Å²) in [6.45, 7) is 2.59. The van der Waals surface area contributed by atoms with Crippen LogP contribution in [0, 0.1) is 5.92 Å². The van der Waals surface area contributed by atoms with Crippen molar-refractivity contribution in [2.75, 3.05) is 27.2 Å². The number of nitrogens with zero attached hydrogens (tertiary/aromatic N) is 1. The van der Waals surface area contributed by atoms with Gasteiger partial charge in [0, 0.05) is 6.54 Å². The maximum Gasteiger partial charge on any atom is 0.306 e. The molecule has 5 nitrogen and oxygen atoms in total. The van der Waals surface area contributed by atoms with Crippen molar-refractivity contribution in [3.63, 3.8) is 0 Å². The molecule has 0 saturated carbocycles. The molecule has 0 rings (SSSR count). The van der Waals surface area contributed by atoms with E-state index in [9.17, 15) is 9.59 Å². The van der Waals surface area contributed by atoms with Gasteiger partial charge in [-0.2, -0.15) is 0 Å². The fraction of sp³-hybridized carbons (Fsp3) is 0.800. The quantitative estimate of drug-likeness (QED) is 0.595. The molecule has 0 aliphatic heterocycles. The van der Waals surface area contributed by atoms with E-state index < -0.39 is 5.97 Å². The Morgan fingerprint density at radius 2 is 2.00 bits per heavy atom. The monoisotopic (exact) mass is 216 g/mol. The molecule has 0 saturated heterocycles. The Morgan fingerprint density at radius 3 is 2.47 bits per heavy atom. The van der Waals surface area contributed by atoms with Crippen molar-refractivity contribution in [1.29, 1.82) is 0 Å². The first kappa shape index (κ1) is 13.9. The molecule has 0 heterocycles. The van der Waals surface area contributed by atoms with Gasteiger partial charge in [-0.15, -0.1) is 0 Å². The Morgan fingerprint density at radius 1 is 1.40 bits per heavy atom. The molecule has 0 aliphatic rings. The molecule has 1 atom stereocenters. The van der Waals surface area contributed by atoms with Crippen LogP contribution in [0.25, 0.3) is 0 Å². The first-order valence-electron chi connectivity index (χ1n) is 5.07. The highest BCUT2D eigenvalue weighted by Gasteiger charge is 2.10. The van der Waals surface area contributed by atoms with E-state index in [0.29, 0.717) is 25.9 Å². The lowest BCUT2D eigenvalue weighted by Gasteiger charge is -2.10. The Hall–Kier alpha value is -1.10. The van der Waals surface area contributed by atoms with Gasteiger partial charge >= 0.3 is 5.97 Å². The second-order valence-corrected chi connectivity index (χ2v) is 3.97. The molecular weight excluding hydrogens is 196 g/mol. The highest BCUT2D eigenvalue weighted by molar-refractivity contribution is 5.77. The summed E-state index contributed by atoms with van der Waals surface area (Å²) < 4.78 is 0. The zero-order valence-corrected chi connectivity index (χ0v) is 9.62. The number of carboxylic acids is 1. The second-order valence-electron chi connectivity index (χ2n) is 3.97. The molecule has 0 radical (unpaired) electrons. The van der Waals surface area contributed by atoms with Crippen molar-refractivity contribution in [1.82, 2.24) is 10.2 Å². The summed E-state index contributed by atoms with van der Waals surface area (Å²) in [5, 5.41) is 11.4. The van der Waals surface area contributed by atoms with E-state index in [4.69, 9.17) is 5.11 Å². The van der Waals surface area contributed by atoms with E-state index in [1.807, 2.05) is 14.1 Å². The molecular formula is C10H20N2O3. The standard InChI is InChI=1S/C10H20N2O3/c1-8(10(14)15)5-4-6-11-9(13)7-12(2)3/h8H,4-7H2,1-3H3,(H,11,13)(H,14,15). The van der Waals surface area contributed by atoms with Gasteiger partial charge in [0.15, 0.2) is 0 Å². The van der Waals surface area contributed by atoms with Crippen molar-refractivity contribution < 1.29 is 14.7 Å². The van der Waals surface area contributed by atoms with E-state index in [1.165, 1.54) is 0 Å². The number of carbonyl (C=O) groups excluding carboxylic acids is 1. The van der Waals surface area contributed by atoms with Gasteiger partial charge in [-0.05, 0) is 26.9 Å². The fourth-order valence-corrected chi connectivity index (χ4v) is 1.10. The number of hydrogen-bond acceptors (Lipinski definition) is 3. The smallest absolute Gasteiger partial charge is 0.306 e. The van der Waals surface area contributed by atoms with Crippen molar-refractivity contribution in [2.45, 2.75) is 19.8 Å². The molecule has 0 aromatic rings. The molecule has 0 spiro atoms. The van der Waals surface area contributed by atoms with E-state index >= 15 is 0 Å². The summed E-state index contributed by atoms with van der Waals surface area (Å²) in [5.74, 6) is -1.15. The summed E-state index contributed by atoms with van der Waals surface area (Å²) in [5.41, 5.74) is 0. The predicted octanol–water partition coefficient (Wildman–Crippen LogP) is 0.165. The summed E-state index contributed by atoms with van der Waals surface area (Å²) >= 11 is 0. The van der Waals surface area contributed by atoms with E-state index in [-0.39, 0.29) is 11.8 Å². The maximum absolute atomic E-state index is 11.2. The fourth-order valence-electron chi connectivity index (χ4n) is 1.10. The SMILES string of the molecule is CC(CCCNC(=O)CN(C)C)C(=O)O. The highest BCUT2D eigenvalue weighted by atomic mass is 16.4. The number of rotatable bonds is 7. The van der Waals surface area contributed by atoms with E-state index in [2.05, 4.69) is 5.32 Å². The van der Waals surface area contributed by atoms with Crippen LogP contribution in [0.3, 0.4) is 0 Å². The van der Waals surface area contributed by atoms with Gasteiger partial charge in [-0.1, -0.05) is 6.92 Å². The normalized spacial score (nSPS) is 12.5. The van der Waals surface area contributed by atoms with Crippen molar-refractivity contribution in [2.24, 2.45) is 5.92 Å². The van der Waals surface area contributed by atoms with Gasteiger partial charge in [0.1, 0.15) is 0 Å². The average molecular weight is 216 g/mol. The second kappa shape index (κ2) is 7.23. The molecule has 1 unspecified atom stereocenters. The molecule has 0 aromatic carbocycles. The van der Waals surface area contributed by atoms with E-state index in [0.717, 1.165) is 0 Å². The summed E-state index contributed by atoms with van der Waals surface area (Å²) in [6, 6.07) is 0. The van der Waals surface area contributed by atoms with Crippen LogP contribution in [-0.2, 0) is 9.59 Å². The number of carbonyl (C=O) groups is 2. The third-order valence-electron chi connectivity index (χ3n) is 2.02. The average Bonchev–Trinajstić information content (AvgIpc) is 2.10. The van der Waals surface area contributed by atoms with Crippen molar-refractivity contribution >= 4 is 11.9 Å². The minimum Gasteiger partial charge on any atom is -0.481 e. The first-order chi connectivity index (χ1) is 6.93. The summed E-state index contributed by atoms with van der Waals surface area (Å²) in [6.07, 6.45) is 1.30. The largest absolute Gasteiger partial charge is 0.481 e. The van der Waals surface area contributed by atoms with Gasteiger partial charge in [0.2, 0.25) is 5.91 Å². The number of amides is 1. The van der Waals surface area contributed by atoms with Crippen LogP contribution in [0.15, 0.2) is 0 Å². The maximum atomic E-state index is 11.2. The van der Waals surface area contributed by atoms with Crippen LogP contribution in [0.1, 0.15) is 19.8 Å². The first-order valence-corrected chi connectivity index (χ1v) is 5.07. The van der Waals surface area contributed by atoms with Crippen molar-refractivity contribution in [3.05, 3.63) is 0 Å². The topological polar surface area (TPSA) is 69.6 Å². The number of carboxylic acid groups (broad SMARTS) is 1. The van der Waals surface area contributed by atoms with Crippen LogP contribution < -0.4 is 5.32 Å². The van der Waals surface area contributed by atoms with Crippen LogP contribution in [-0.4, -0.2) is 49.1 Å². The zero-order valence-electron chi connectivity index (χ0n) is 9.62. The highest BCUT2D eigenvalue weighted by Crippen LogP contribution is 2.03. The molecule has 15 heavy (non-hydrogen) atoms. The summed E-state index contributed by atoms with van der Waals surface area (Å²) in [7, 11) is 3.65. The Labute approximate surface area is 90.5 Å². The number of nitrogens with one attached hydrogen (secondary N) is 1. The minimum atomic E-state index is -0.783. The minimum absolute atomic E-state index is 0.0250. The van der Waals surface area contributed by atoms with Gasteiger partial charge in [0.05, 0.1) is 12.5 Å². The van der Waals surface area contributed by atoms with Crippen LogP contribution in [0.5, 0.6) is 0 Å². The van der Waals surface area contributed by atoms with Gasteiger partial charge < -0.3 is 15.3 Å². The molecule has 1 amide bonds. The number of likely N-dealkylation sites (N-methyl/N-ethyl adjacent to an activating group) is 1. The lowest BCUT2D eigenvalue weighted by Crippen LogP contribution is -2.33. The third-order valence-corrected chi connectivity index (χ3v) is 2.02. The molecule has 0 fully saturated rings. The Bertz CT molecular complexity index is 217. The predicted molar refractivity (Wildman–Crippen MR) is 57.6 cm³/mol. The van der Waals surface area contributed by atoms with Gasteiger partial charge in [0.25, 0.3) is 0 Å².